The van der Waals surface area contributed by atoms with Crippen molar-refractivity contribution in [2.45, 2.75) is 44.3 Å². The number of rotatable bonds is 9. The molecule has 130 valence electrons. The molecule has 2 atom stereocenters. The number of hydrogen-bond donors (Lipinski definition) is 3. The molecule has 0 amide bonds. The molecular formula is C20H26O4. The van der Waals surface area contributed by atoms with Crippen molar-refractivity contribution < 1.29 is 20.1 Å². The molecule has 0 aliphatic heterocycles. The maximum Gasteiger partial charge on any atom is 0.160 e. The van der Waals surface area contributed by atoms with Gasteiger partial charge in [0.15, 0.2) is 11.5 Å². The van der Waals surface area contributed by atoms with Gasteiger partial charge in [-0.2, -0.15) is 0 Å². The molecule has 3 N–H and O–H groups in total. The van der Waals surface area contributed by atoms with Gasteiger partial charge in [-0.1, -0.05) is 36.4 Å². The van der Waals surface area contributed by atoms with Crippen LogP contribution in [0.25, 0.3) is 0 Å². The molecule has 24 heavy (non-hydrogen) atoms. The molecule has 0 aromatic heterocycles. The number of aromatic hydroxyl groups is 1. The maximum atomic E-state index is 10.1. The van der Waals surface area contributed by atoms with E-state index in [0.29, 0.717) is 31.4 Å². The van der Waals surface area contributed by atoms with Crippen molar-refractivity contribution in [3.63, 3.8) is 0 Å². The van der Waals surface area contributed by atoms with Crippen LogP contribution in [0, 0.1) is 0 Å². The number of ether oxygens (including phenoxy) is 1. The first-order valence-electron chi connectivity index (χ1n) is 8.34. The van der Waals surface area contributed by atoms with Gasteiger partial charge in [-0.25, -0.2) is 0 Å². The number of phenolic OH excluding ortho intramolecular Hbond substituents is 1. The monoisotopic (exact) mass is 330 g/mol. The Morgan fingerprint density at radius 1 is 0.875 bits per heavy atom. The highest BCUT2D eigenvalue weighted by Crippen LogP contribution is 2.27. The summed E-state index contributed by atoms with van der Waals surface area (Å²) in [4.78, 5) is 0. The summed E-state index contributed by atoms with van der Waals surface area (Å²) in [6.07, 6.45) is 2.02. The van der Waals surface area contributed by atoms with E-state index in [-0.39, 0.29) is 5.75 Å². The molecule has 0 unspecified atom stereocenters. The van der Waals surface area contributed by atoms with E-state index in [2.05, 4.69) is 0 Å². The molecular weight excluding hydrogens is 304 g/mol. The zero-order valence-electron chi connectivity index (χ0n) is 14.1. The lowest BCUT2D eigenvalue weighted by Crippen LogP contribution is -2.19. The fraction of sp³-hybridized carbons (Fsp3) is 0.400. The lowest BCUT2D eigenvalue weighted by molar-refractivity contribution is 0.0714. The van der Waals surface area contributed by atoms with E-state index in [1.165, 1.54) is 12.7 Å². The van der Waals surface area contributed by atoms with Crippen LogP contribution < -0.4 is 4.74 Å². The van der Waals surface area contributed by atoms with Gasteiger partial charge in [-0.3, -0.25) is 0 Å². The Balaban J connectivity index is 1.73. The minimum atomic E-state index is -0.546. The highest BCUT2D eigenvalue weighted by Gasteiger charge is 2.13. The third-order valence-corrected chi connectivity index (χ3v) is 4.16. The Morgan fingerprint density at radius 2 is 1.50 bits per heavy atom. The smallest absolute Gasteiger partial charge is 0.160 e. The minimum absolute atomic E-state index is 0.109. The van der Waals surface area contributed by atoms with Gasteiger partial charge < -0.3 is 20.1 Å². The van der Waals surface area contributed by atoms with E-state index in [0.717, 1.165) is 12.0 Å². The summed E-state index contributed by atoms with van der Waals surface area (Å²) in [6, 6.07) is 15.2. The van der Waals surface area contributed by atoms with Crippen LogP contribution in [0.5, 0.6) is 11.5 Å². The second kappa shape index (κ2) is 9.30. The number of aliphatic hydroxyl groups excluding tert-OH is 2. The van der Waals surface area contributed by atoms with Crippen molar-refractivity contribution in [2.75, 3.05) is 7.11 Å². The van der Waals surface area contributed by atoms with Gasteiger partial charge in [-0.15, -0.1) is 0 Å². The number of phenols is 1. The van der Waals surface area contributed by atoms with Crippen molar-refractivity contribution in [1.82, 2.24) is 0 Å². The molecule has 0 heterocycles. The summed E-state index contributed by atoms with van der Waals surface area (Å²) in [5, 5.41) is 29.8. The van der Waals surface area contributed by atoms with Crippen molar-refractivity contribution in [2.24, 2.45) is 0 Å². The summed E-state index contributed by atoms with van der Waals surface area (Å²) in [5.41, 5.74) is 2.18. The molecule has 2 aromatic carbocycles. The zero-order valence-corrected chi connectivity index (χ0v) is 14.1. The molecule has 4 nitrogen and oxygen atoms in total. The summed E-state index contributed by atoms with van der Waals surface area (Å²) < 4.78 is 5.08. The summed E-state index contributed by atoms with van der Waals surface area (Å²) >= 11 is 0. The Kier molecular flexibility index (Phi) is 7.09. The summed E-state index contributed by atoms with van der Waals surface area (Å²) in [5.74, 6) is 0.544. The molecule has 0 fully saturated rings. The van der Waals surface area contributed by atoms with E-state index in [9.17, 15) is 15.3 Å². The SMILES string of the molecule is COc1cc(CC[C@@H](O)C[C@H](O)CCc2ccccc2)ccc1O. The largest absolute Gasteiger partial charge is 0.504 e. The molecule has 0 saturated carbocycles. The second-order valence-electron chi connectivity index (χ2n) is 6.11. The van der Waals surface area contributed by atoms with E-state index in [4.69, 9.17) is 4.74 Å². The molecule has 0 saturated heterocycles. The van der Waals surface area contributed by atoms with Crippen LogP contribution in [0.15, 0.2) is 48.5 Å². The lowest BCUT2D eigenvalue weighted by atomic mass is 9.99. The van der Waals surface area contributed by atoms with E-state index in [1.54, 1.807) is 12.1 Å². The maximum absolute atomic E-state index is 10.1. The van der Waals surface area contributed by atoms with Crippen LogP contribution >= 0.6 is 0 Å². The fourth-order valence-corrected chi connectivity index (χ4v) is 2.74. The number of aryl methyl sites for hydroxylation is 2. The number of hydrogen-bond acceptors (Lipinski definition) is 4. The number of methoxy groups -OCH3 is 1. The highest BCUT2D eigenvalue weighted by molar-refractivity contribution is 5.41. The van der Waals surface area contributed by atoms with Crippen LogP contribution in [0.3, 0.4) is 0 Å². The first-order valence-corrected chi connectivity index (χ1v) is 8.34. The van der Waals surface area contributed by atoms with Crippen molar-refractivity contribution in [1.29, 1.82) is 0 Å². The fourth-order valence-electron chi connectivity index (χ4n) is 2.74. The van der Waals surface area contributed by atoms with Crippen LogP contribution in [0.2, 0.25) is 0 Å². The first kappa shape index (κ1) is 18.3. The van der Waals surface area contributed by atoms with E-state index in [1.807, 2.05) is 36.4 Å². The van der Waals surface area contributed by atoms with Crippen LogP contribution in [0.1, 0.15) is 30.4 Å². The Labute approximate surface area is 143 Å². The topological polar surface area (TPSA) is 69.9 Å². The van der Waals surface area contributed by atoms with Crippen LogP contribution in [-0.2, 0) is 12.8 Å². The quantitative estimate of drug-likeness (QED) is 0.661. The van der Waals surface area contributed by atoms with Gasteiger partial charge in [0.1, 0.15) is 0 Å². The van der Waals surface area contributed by atoms with Gasteiger partial charge in [0, 0.05) is 0 Å². The molecule has 0 radical (unpaired) electrons. The molecule has 4 heteroatoms. The summed E-state index contributed by atoms with van der Waals surface area (Å²) in [7, 11) is 1.51. The van der Waals surface area contributed by atoms with E-state index >= 15 is 0 Å². The molecule has 0 bridgehead atoms. The van der Waals surface area contributed by atoms with Gasteiger partial charge in [0.2, 0.25) is 0 Å². The Hall–Kier alpha value is -2.04. The van der Waals surface area contributed by atoms with Crippen LogP contribution in [-0.4, -0.2) is 34.6 Å². The van der Waals surface area contributed by atoms with Crippen molar-refractivity contribution >= 4 is 0 Å². The van der Waals surface area contributed by atoms with Gasteiger partial charge in [0.25, 0.3) is 0 Å². The first-order chi connectivity index (χ1) is 11.6. The highest BCUT2D eigenvalue weighted by atomic mass is 16.5. The van der Waals surface area contributed by atoms with Crippen LogP contribution in [0.4, 0.5) is 0 Å². The molecule has 2 rings (SSSR count). The molecule has 0 aliphatic rings. The summed E-state index contributed by atoms with van der Waals surface area (Å²) in [6.45, 7) is 0. The van der Waals surface area contributed by atoms with Gasteiger partial charge in [0.05, 0.1) is 19.3 Å². The van der Waals surface area contributed by atoms with Crippen molar-refractivity contribution in [3.8, 4) is 11.5 Å². The molecule has 0 spiro atoms. The third kappa shape index (κ3) is 5.87. The second-order valence-corrected chi connectivity index (χ2v) is 6.11. The van der Waals surface area contributed by atoms with Crippen molar-refractivity contribution in [3.05, 3.63) is 59.7 Å². The molecule has 2 aromatic rings. The van der Waals surface area contributed by atoms with Gasteiger partial charge in [-0.05, 0) is 55.4 Å². The van der Waals surface area contributed by atoms with E-state index < -0.39 is 12.2 Å². The number of aliphatic hydroxyl groups is 2. The van der Waals surface area contributed by atoms with Gasteiger partial charge >= 0.3 is 0 Å². The number of benzene rings is 2. The predicted molar refractivity (Wildman–Crippen MR) is 94.4 cm³/mol. The normalized spacial score (nSPS) is 13.5. The predicted octanol–water partition coefficient (Wildman–Crippen LogP) is 3.08. The molecule has 0 aliphatic carbocycles. The Bertz CT molecular complexity index is 612. The third-order valence-electron chi connectivity index (χ3n) is 4.16. The average molecular weight is 330 g/mol. The zero-order chi connectivity index (χ0) is 17.4. The average Bonchev–Trinajstić information content (AvgIpc) is 2.60. The lowest BCUT2D eigenvalue weighted by Gasteiger charge is -2.16. The minimum Gasteiger partial charge on any atom is -0.504 e. The Morgan fingerprint density at radius 3 is 2.12 bits per heavy atom. The standard InChI is InChI=1S/C20H26O4/c1-24-20-13-16(9-12-19(20)23)8-11-18(22)14-17(21)10-7-15-5-3-2-4-6-15/h2-6,9,12-13,17-18,21-23H,7-8,10-11,14H2,1H3/t17-,18-/m1/s1.